The van der Waals surface area contributed by atoms with Crippen molar-refractivity contribution in [1.82, 2.24) is 14.5 Å². The summed E-state index contributed by atoms with van der Waals surface area (Å²) >= 11 is 0. The zero-order chi connectivity index (χ0) is 31.2. The van der Waals surface area contributed by atoms with Crippen LogP contribution in [0.5, 0.6) is 5.75 Å². The Morgan fingerprint density at radius 2 is 1.63 bits per heavy atom. The first-order chi connectivity index (χ1) is 20.2. The van der Waals surface area contributed by atoms with Gasteiger partial charge in [0.25, 0.3) is 11.8 Å². The summed E-state index contributed by atoms with van der Waals surface area (Å²) < 4.78 is 33.3. The number of methoxy groups -OCH3 is 1. The van der Waals surface area contributed by atoms with E-state index in [4.69, 9.17) is 9.73 Å². The molecule has 5 rings (SSSR count). The Hall–Kier alpha value is -3.54. The number of hydrogen-bond donors (Lipinski definition) is 2. The van der Waals surface area contributed by atoms with Gasteiger partial charge in [-0.15, -0.1) is 0 Å². The van der Waals surface area contributed by atoms with Gasteiger partial charge < -0.3 is 20.1 Å². The molecule has 230 valence electrons. The lowest BCUT2D eigenvalue weighted by Gasteiger charge is -2.36. The lowest BCUT2D eigenvalue weighted by Crippen LogP contribution is -2.50. The first-order valence-electron chi connectivity index (χ1n) is 14.6. The molecule has 2 saturated heterocycles. The van der Waals surface area contributed by atoms with Gasteiger partial charge in [-0.1, -0.05) is 0 Å². The van der Waals surface area contributed by atoms with E-state index in [0.717, 1.165) is 33.6 Å². The number of benzene rings is 2. The summed E-state index contributed by atoms with van der Waals surface area (Å²) in [6.07, 6.45) is 3.22. The van der Waals surface area contributed by atoms with Gasteiger partial charge in [-0.2, -0.15) is 4.31 Å². The monoisotopic (exact) mass is 608 g/mol. The summed E-state index contributed by atoms with van der Waals surface area (Å²) in [5, 5.41) is 14.3. The number of amides is 2. The highest BCUT2D eigenvalue weighted by Gasteiger charge is 2.47. The minimum atomic E-state index is -3.75. The van der Waals surface area contributed by atoms with E-state index in [1.54, 1.807) is 37.1 Å². The van der Waals surface area contributed by atoms with Crippen molar-refractivity contribution in [2.24, 2.45) is 4.99 Å². The smallest absolute Gasteiger partial charge is 0.253 e. The van der Waals surface area contributed by atoms with Crippen molar-refractivity contribution in [2.45, 2.75) is 64.5 Å². The molecule has 0 aliphatic carbocycles. The minimum absolute atomic E-state index is 0.0870. The lowest BCUT2D eigenvalue weighted by atomic mass is 9.89. The molecule has 2 aromatic carbocycles. The Kier molecular flexibility index (Phi) is 8.28. The van der Waals surface area contributed by atoms with E-state index < -0.39 is 21.2 Å². The average molecular weight is 609 g/mol. The Morgan fingerprint density at radius 1 is 1.00 bits per heavy atom. The molecule has 0 radical (unpaired) electrons. The third-order valence-electron chi connectivity index (χ3n) is 8.93. The second kappa shape index (κ2) is 11.5. The number of rotatable bonds is 6. The molecule has 11 heteroatoms. The first-order valence-corrected chi connectivity index (χ1v) is 16.1. The van der Waals surface area contributed by atoms with Gasteiger partial charge in [0, 0.05) is 42.7 Å². The van der Waals surface area contributed by atoms with Gasteiger partial charge in [-0.25, -0.2) is 8.42 Å². The highest BCUT2D eigenvalue weighted by molar-refractivity contribution is 7.92. The predicted octanol–water partition coefficient (Wildman–Crippen LogP) is 3.32. The minimum Gasteiger partial charge on any atom is -0.496 e. The van der Waals surface area contributed by atoms with Gasteiger partial charge in [0.05, 0.1) is 12.7 Å². The van der Waals surface area contributed by atoms with Crippen molar-refractivity contribution in [2.75, 3.05) is 33.3 Å². The summed E-state index contributed by atoms with van der Waals surface area (Å²) in [5.74, 6) is 0.945. The third-order valence-corrected chi connectivity index (χ3v) is 10.5. The van der Waals surface area contributed by atoms with Crippen LogP contribution in [0.2, 0.25) is 0 Å². The SMILES string of the molecule is COc1ccc(C2=NC3(CCN(S(=O)(=O)/C=C/c4c(C)cc(C(=O)N5CCC(C)(O)CC5)cc4C)CC3)C(=O)N2)cc1C. The number of aliphatic imine (C=N–C) groups is 1. The van der Waals surface area contributed by atoms with Gasteiger partial charge in [0.15, 0.2) is 0 Å². The van der Waals surface area contributed by atoms with E-state index in [1.165, 1.54) is 9.71 Å². The Bertz CT molecular complexity index is 1590. The molecule has 10 nitrogen and oxygen atoms in total. The zero-order valence-electron chi connectivity index (χ0n) is 25.4. The first kappa shape index (κ1) is 30.9. The predicted molar refractivity (Wildman–Crippen MR) is 166 cm³/mol. The maximum Gasteiger partial charge on any atom is 0.253 e. The molecular weight excluding hydrogens is 568 g/mol. The van der Waals surface area contributed by atoms with Gasteiger partial charge >= 0.3 is 0 Å². The van der Waals surface area contributed by atoms with Crippen molar-refractivity contribution < 1.29 is 27.9 Å². The van der Waals surface area contributed by atoms with Gasteiger partial charge in [0.1, 0.15) is 17.1 Å². The van der Waals surface area contributed by atoms with Gasteiger partial charge in [-0.3, -0.25) is 14.6 Å². The molecule has 3 aliphatic rings. The molecule has 0 bridgehead atoms. The Labute approximate surface area is 253 Å². The zero-order valence-corrected chi connectivity index (χ0v) is 26.3. The number of nitrogens with zero attached hydrogens (tertiary/aromatic N) is 3. The van der Waals surface area contributed by atoms with Crippen molar-refractivity contribution in [3.05, 3.63) is 69.1 Å². The molecule has 0 atom stereocenters. The molecule has 0 saturated carbocycles. The molecule has 2 amide bonds. The lowest BCUT2D eigenvalue weighted by molar-refractivity contribution is -0.124. The number of sulfonamides is 1. The van der Waals surface area contributed by atoms with E-state index >= 15 is 0 Å². The number of hydrogen-bond acceptors (Lipinski definition) is 7. The summed E-state index contributed by atoms with van der Waals surface area (Å²) in [6.45, 7) is 8.78. The number of piperidine rings is 2. The fourth-order valence-electron chi connectivity index (χ4n) is 6.10. The maximum absolute atomic E-state index is 13.3. The van der Waals surface area contributed by atoms with E-state index in [2.05, 4.69) is 5.32 Å². The summed E-state index contributed by atoms with van der Waals surface area (Å²) in [5.41, 5.74) is 2.88. The van der Waals surface area contributed by atoms with E-state index in [1.807, 2.05) is 39.0 Å². The highest BCUT2D eigenvalue weighted by Crippen LogP contribution is 2.33. The number of aryl methyl sites for hydroxylation is 3. The van der Waals surface area contributed by atoms with Crippen LogP contribution in [0.1, 0.15) is 70.8 Å². The standard InChI is InChI=1S/C32H40N4O6S/c1-21-18-25(29(37)35-13-9-31(4,39)10-14-35)19-22(2)26(21)8-17-43(40,41)36-15-11-32(12-16-36)30(38)33-28(34-32)24-6-7-27(42-5)23(3)20-24/h6-8,17-20,39H,9-16H2,1-5H3,(H,33,34,38)/b17-8+. The Morgan fingerprint density at radius 3 is 2.21 bits per heavy atom. The van der Waals surface area contributed by atoms with Crippen LogP contribution in [-0.4, -0.2) is 84.8 Å². The molecule has 43 heavy (non-hydrogen) atoms. The molecule has 0 aromatic heterocycles. The second-order valence-electron chi connectivity index (χ2n) is 12.2. The maximum atomic E-state index is 13.3. The van der Waals surface area contributed by atoms with Gasteiger partial charge in [-0.05, 0) is 112 Å². The van der Waals surface area contributed by atoms with E-state index in [9.17, 15) is 23.1 Å². The van der Waals surface area contributed by atoms with Crippen molar-refractivity contribution in [3.63, 3.8) is 0 Å². The van der Waals surface area contributed by atoms with Crippen LogP contribution in [0.3, 0.4) is 0 Å². The fraction of sp³-hybridized carbons (Fsp3) is 0.469. The van der Waals surface area contributed by atoms with Crippen LogP contribution in [0, 0.1) is 20.8 Å². The molecule has 2 N–H and O–H groups in total. The molecule has 1 spiro atoms. The largest absolute Gasteiger partial charge is 0.496 e. The van der Waals surface area contributed by atoms with Crippen LogP contribution >= 0.6 is 0 Å². The molecule has 0 unspecified atom stereocenters. The van der Waals surface area contributed by atoms with E-state index in [-0.39, 0.29) is 37.7 Å². The Balaban J connectivity index is 1.26. The molecular formula is C32H40N4O6S. The summed E-state index contributed by atoms with van der Waals surface area (Å²) in [4.78, 5) is 32.6. The topological polar surface area (TPSA) is 129 Å². The molecule has 2 aromatic rings. The fourth-order valence-corrected chi connectivity index (χ4v) is 7.28. The van der Waals surface area contributed by atoms with Crippen LogP contribution in [0.15, 0.2) is 40.7 Å². The molecule has 3 heterocycles. The van der Waals surface area contributed by atoms with Crippen molar-refractivity contribution >= 4 is 33.7 Å². The molecule has 2 fully saturated rings. The highest BCUT2D eigenvalue weighted by atomic mass is 32.2. The summed E-state index contributed by atoms with van der Waals surface area (Å²) in [7, 11) is -2.15. The second-order valence-corrected chi connectivity index (χ2v) is 14.0. The van der Waals surface area contributed by atoms with Crippen molar-refractivity contribution in [1.29, 1.82) is 0 Å². The van der Waals surface area contributed by atoms with E-state index in [0.29, 0.717) is 37.3 Å². The van der Waals surface area contributed by atoms with Crippen LogP contribution in [-0.2, 0) is 14.8 Å². The average Bonchev–Trinajstić information content (AvgIpc) is 3.27. The normalized spacial score (nSPS) is 20.4. The number of aliphatic hydroxyl groups is 1. The number of likely N-dealkylation sites (tertiary alicyclic amines) is 1. The van der Waals surface area contributed by atoms with Gasteiger partial charge in [0.2, 0.25) is 10.0 Å². The van der Waals surface area contributed by atoms with Crippen LogP contribution in [0.4, 0.5) is 0 Å². The number of ether oxygens (including phenoxy) is 1. The number of nitrogens with one attached hydrogen (secondary N) is 1. The van der Waals surface area contributed by atoms with Crippen LogP contribution in [0.25, 0.3) is 6.08 Å². The number of carbonyl (C=O) groups excluding carboxylic acids is 2. The van der Waals surface area contributed by atoms with Crippen molar-refractivity contribution in [3.8, 4) is 5.75 Å². The molecule has 3 aliphatic heterocycles. The summed E-state index contributed by atoms with van der Waals surface area (Å²) in [6, 6.07) is 9.17. The number of amidine groups is 1. The van der Waals surface area contributed by atoms with Crippen LogP contribution < -0.4 is 10.1 Å². The number of carbonyl (C=O) groups is 2. The quantitative estimate of drug-likeness (QED) is 0.518. The third kappa shape index (κ3) is 6.25.